The zero-order valence-corrected chi connectivity index (χ0v) is 24.0. The van der Waals surface area contributed by atoms with E-state index in [2.05, 4.69) is 24.8 Å². The van der Waals surface area contributed by atoms with Crippen LogP contribution in [0.25, 0.3) is 22.5 Å². The number of aromatic nitrogens is 3. The minimum atomic E-state index is -0.541. The number of carbonyl (C=O) groups is 1. The lowest BCUT2D eigenvalue weighted by Crippen LogP contribution is -2.50. The van der Waals surface area contributed by atoms with Gasteiger partial charge in [-0.15, -0.1) is 0 Å². The van der Waals surface area contributed by atoms with E-state index in [-0.39, 0.29) is 17.4 Å². The summed E-state index contributed by atoms with van der Waals surface area (Å²) in [4.78, 5) is 29.6. The first-order chi connectivity index (χ1) is 19.7. The predicted molar refractivity (Wildman–Crippen MR) is 157 cm³/mol. The standard InChI is InChI=1S/C30H31ClFN7O2/c1-30(2,3)41-29(40)38-14-12-37(13-15-38)20-8-9-25(24(32)17-20)35-28-34-18-19-16-22(21-6-4-5-7-23(21)31)27-33-10-11-39(27)26(19)36-28/h4-9,16-18,33H,10-15H2,1-3H3. The van der Waals surface area contributed by atoms with Crippen molar-refractivity contribution in [3.63, 3.8) is 0 Å². The number of fused-ring (bicyclic) bond motifs is 3. The Balaban J connectivity index is 1.24. The SMILES string of the molecule is CC(C)(C)OC(=O)N1CCN(c2ccc(N=c3ncc4cc(-c5ccccc5Cl)c5n(c-4n3)CCN5)c(F)c2)CC1. The van der Waals surface area contributed by atoms with Crippen molar-refractivity contribution in [2.24, 2.45) is 4.99 Å². The van der Waals surface area contributed by atoms with Gasteiger partial charge in [-0.3, -0.25) is 0 Å². The van der Waals surface area contributed by atoms with Crippen molar-refractivity contribution in [2.75, 3.05) is 42.9 Å². The number of carbonyl (C=O) groups excluding carboxylic acids is 1. The van der Waals surface area contributed by atoms with Crippen molar-refractivity contribution in [3.8, 4) is 22.5 Å². The summed E-state index contributed by atoms with van der Waals surface area (Å²) in [5, 5.41) is 4.11. The molecule has 1 N–H and O–H groups in total. The van der Waals surface area contributed by atoms with E-state index < -0.39 is 11.4 Å². The number of ether oxygens (including phenoxy) is 1. The van der Waals surface area contributed by atoms with E-state index in [4.69, 9.17) is 16.3 Å². The van der Waals surface area contributed by atoms with Crippen LogP contribution < -0.4 is 15.8 Å². The number of piperazine rings is 1. The lowest BCUT2D eigenvalue weighted by Gasteiger charge is -2.36. The van der Waals surface area contributed by atoms with Crippen molar-refractivity contribution < 1.29 is 13.9 Å². The lowest BCUT2D eigenvalue weighted by atomic mass is 10.0. The molecule has 0 radical (unpaired) electrons. The van der Waals surface area contributed by atoms with E-state index in [1.54, 1.807) is 17.2 Å². The number of anilines is 2. The van der Waals surface area contributed by atoms with Crippen molar-refractivity contribution in [1.29, 1.82) is 0 Å². The Bertz CT molecular complexity index is 1660. The summed E-state index contributed by atoms with van der Waals surface area (Å²) in [6, 6.07) is 14.7. The molecule has 0 atom stereocenters. The average Bonchev–Trinajstić information content (AvgIpc) is 3.44. The molecule has 1 saturated heterocycles. The van der Waals surface area contributed by atoms with E-state index in [0.717, 1.165) is 47.1 Å². The lowest BCUT2D eigenvalue weighted by molar-refractivity contribution is 0.0240. The van der Waals surface area contributed by atoms with Gasteiger partial charge in [0.15, 0.2) is 5.82 Å². The van der Waals surface area contributed by atoms with Crippen LogP contribution >= 0.6 is 11.6 Å². The van der Waals surface area contributed by atoms with Crippen molar-refractivity contribution in [2.45, 2.75) is 32.9 Å². The summed E-state index contributed by atoms with van der Waals surface area (Å²) in [5.41, 5.74) is 3.28. The third-order valence-electron chi connectivity index (χ3n) is 7.10. The van der Waals surface area contributed by atoms with Gasteiger partial charge in [0.1, 0.15) is 22.9 Å². The Morgan fingerprint density at radius 3 is 2.56 bits per heavy atom. The number of nitrogens with one attached hydrogen (secondary N) is 1. The number of pyridine rings is 1. The highest BCUT2D eigenvalue weighted by Gasteiger charge is 2.26. The fraction of sp³-hybridized carbons (Fsp3) is 0.333. The number of halogens is 2. The highest BCUT2D eigenvalue weighted by molar-refractivity contribution is 6.33. The number of hydrogen-bond donors (Lipinski definition) is 1. The molecule has 0 saturated carbocycles. The molecule has 41 heavy (non-hydrogen) atoms. The van der Waals surface area contributed by atoms with Gasteiger partial charge in [0.05, 0.1) is 0 Å². The van der Waals surface area contributed by atoms with Crippen LogP contribution in [0.4, 0.5) is 26.4 Å². The van der Waals surface area contributed by atoms with Gasteiger partial charge in [0.25, 0.3) is 5.62 Å². The third-order valence-corrected chi connectivity index (χ3v) is 7.43. The molecule has 0 aromatic heterocycles. The Kier molecular flexibility index (Phi) is 7.03. The van der Waals surface area contributed by atoms with Crippen molar-refractivity contribution in [3.05, 3.63) is 71.2 Å². The molecule has 4 aliphatic heterocycles. The number of rotatable bonds is 3. The quantitative estimate of drug-likeness (QED) is 0.344. The van der Waals surface area contributed by atoms with Crippen LogP contribution in [0, 0.1) is 5.82 Å². The zero-order valence-electron chi connectivity index (χ0n) is 23.2. The van der Waals surface area contributed by atoms with Gasteiger partial charge >= 0.3 is 6.09 Å². The zero-order chi connectivity index (χ0) is 28.7. The number of nitrogens with zero attached hydrogens (tertiary/aromatic N) is 6. The minimum Gasteiger partial charge on any atom is -0.444 e. The second-order valence-corrected chi connectivity index (χ2v) is 11.5. The fourth-order valence-corrected chi connectivity index (χ4v) is 5.40. The first kappa shape index (κ1) is 27.0. The van der Waals surface area contributed by atoms with Gasteiger partial charge in [0, 0.05) is 72.9 Å². The van der Waals surface area contributed by atoms with Crippen molar-refractivity contribution >= 4 is 34.9 Å². The van der Waals surface area contributed by atoms with E-state index in [9.17, 15) is 4.79 Å². The smallest absolute Gasteiger partial charge is 0.410 e. The molecule has 212 valence electrons. The summed E-state index contributed by atoms with van der Waals surface area (Å²) in [6.07, 6.45) is 1.39. The Labute approximate surface area is 242 Å². The first-order valence-corrected chi connectivity index (χ1v) is 14.0. The van der Waals surface area contributed by atoms with E-state index >= 15 is 4.39 Å². The molecular formula is C30H31ClFN7O2. The molecule has 11 heteroatoms. The first-order valence-electron chi connectivity index (χ1n) is 13.6. The van der Waals surface area contributed by atoms with Gasteiger partial charge in [-0.1, -0.05) is 29.8 Å². The maximum absolute atomic E-state index is 15.2. The molecule has 6 rings (SSSR count). The maximum Gasteiger partial charge on any atom is 0.410 e. The van der Waals surface area contributed by atoms with Crippen LogP contribution in [-0.2, 0) is 11.3 Å². The number of amides is 1. The summed E-state index contributed by atoms with van der Waals surface area (Å²) >= 11 is 6.50. The molecule has 1 fully saturated rings. The topological polar surface area (TPSA) is 87.9 Å². The van der Waals surface area contributed by atoms with E-state index in [1.165, 1.54) is 6.07 Å². The second-order valence-electron chi connectivity index (χ2n) is 11.1. The summed E-state index contributed by atoms with van der Waals surface area (Å²) in [5.74, 6) is 1.18. The summed E-state index contributed by atoms with van der Waals surface area (Å²) in [7, 11) is 0. The molecule has 2 aromatic rings. The second kappa shape index (κ2) is 10.7. The van der Waals surface area contributed by atoms with Gasteiger partial charge in [-0.05, 0) is 51.1 Å². The highest BCUT2D eigenvalue weighted by atomic mass is 35.5. The van der Waals surface area contributed by atoms with Gasteiger partial charge in [-0.2, -0.15) is 4.98 Å². The molecule has 4 aliphatic rings. The van der Waals surface area contributed by atoms with Gasteiger partial charge < -0.3 is 24.4 Å². The maximum atomic E-state index is 15.2. The molecular weight excluding hydrogens is 545 g/mol. The van der Waals surface area contributed by atoms with Crippen LogP contribution in [-0.4, -0.2) is 63.9 Å². The van der Waals surface area contributed by atoms with Crippen LogP contribution in [0.1, 0.15) is 20.8 Å². The Hall–Kier alpha value is -4.18. The number of hydrogen-bond acceptors (Lipinski definition) is 7. The van der Waals surface area contributed by atoms with Crippen molar-refractivity contribution in [1.82, 2.24) is 19.4 Å². The van der Waals surface area contributed by atoms with Crippen LogP contribution in [0.2, 0.25) is 5.02 Å². The molecule has 4 heterocycles. The van der Waals surface area contributed by atoms with Crippen LogP contribution in [0.15, 0.2) is 59.7 Å². The Morgan fingerprint density at radius 2 is 1.83 bits per heavy atom. The van der Waals surface area contributed by atoms with E-state index in [0.29, 0.717) is 31.2 Å². The predicted octanol–water partition coefficient (Wildman–Crippen LogP) is 5.56. The molecule has 2 aromatic carbocycles. The molecule has 0 aliphatic carbocycles. The monoisotopic (exact) mass is 575 g/mol. The molecule has 0 unspecified atom stereocenters. The largest absolute Gasteiger partial charge is 0.444 e. The van der Waals surface area contributed by atoms with Gasteiger partial charge in [-0.25, -0.2) is 19.2 Å². The van der Waals surface area contributed by atoms with Crippen LogP contribution in [0.3, 0.4) is 0 Å². The fourth-order valence-electron chi connectivity index (χ4n) is 5.16. The normalized spacial score (nSPS) is 15.7. The van der Waals surface area contributed by atoms with Gasteiger partial charge in [0.2, 0.25) is 0 Å². The third kappa shape index (κ3) is 5.56. The van der Waals surface area contributed by atoms with E-state index in [1.807, 2.05) is 62.1 Å². The summed E-state index contributed by atoms with van der Waals surface area (Å²) < 4.78 is 22.8. The minimum absolute atomic E-state index is 0.160. The highest BCUT2D eigenvalue weighted by Crippen LogP contribution is 2.39. The molecule has 1 amide bonds. The van der Waals surface area contributed by atoms with Crippen LogP contribution in [0.5, 0.6) is 0 Å². The molecule has 9 nitrogen and oxygen atoms in total. The average molecular weight is 576 g/mol. The summed E-state index contributed by atoms with van der Waals surface area (Å²) in [6.45, 7) is 9.19. The molecule has 0 spiro atoms. The molecule has 0 bridgehead atoms. The number of benzene rings is 2. The Morgan fingerprint density at radius 1 is 1.05 bits per heavy atom.